The second kappa shape index (κ2) is 7.47. The van der Waals surface area contributed by atoms with E-state index in [0.29, 0.717) is 0 Å². The van der Waals surface area contributed by atoms with Crippen LogP contribution in [-0.2, 0) is 19.5 Å². The van der Waals surface area contributed by atoms with E-state index in [2.05, 4.69) is 39.5 Å². The lowest BCUT2D eigenvalue weighted by molar-refractivity contribution is 0.245. The summed E-state index contributed by atoms with van der Waals surface area (Å²) in [7, 11) is 0. The zero-order valence-corrected chi connectivity index (χ0v) is 17.0. The summed E-state index contributed by atoms with van der Waals surface area (Å²) < 4.78 is 0. The Morgan fingerprint density at radius 1 is 1.04 bits per heavy atom. The van der Waals surface area contributed by atoms with Crippen molar-refractivity contribution in [1.82, 2.24) is 14.9 Å². The Balaban J connectivity index is 1.30. The van der Waals surface area contributed by atoms with E-state index in [1.807, 2.05) is 41.8 Å². The highest BCUT2D eigenvalue weighted by molar-refractivity contribution is 7.21. The number of hydrogen-bond acceptors (Lipinski definition) is 6. The van der Waals surface area contributed by atoms with Gasteiger partial charge in [0.2, 0.25) is 0 Å². The molecule has 4 heterocycles. The second-order valence-electron chi connectivity index (χ2n) is 6.99. The minimum atomic E-state index is 0.758. The highest BCUT2D eigenvalue weighted by atomic mass is 32.1. The molecule has 1 aromatic carbocycles. The molecule has 0 unspecified atom stereocenters. The Bertz CT molecular complexity index is 1080. The van der Waals surface area contributed by atoms with Crippen molar-refractivity contribution in [3.8, 4) is 21.1 Å². The lowest BCUT2D eigenvalue weighted by Gasteiger charge is -2.27. The van der Waals surface area contributed by atoms with Crippen LogP contribution < -0.4 is 5.73 Å². The van der Waals surface area contributed by atoms with Crippen molar-refractivity contribution in [3.63, 3.8) is 0 Å². The van der Waals surface area contributed by atoms with E-state index in [4.69, 9.17) is 10.7 Å². The van der Waals surface area contributed by atoms with Crippen LogP contribution in [0.15, 0.2) is 60.1 Å². The fraction of sp³-hybridized carbons (Fsp3) is 0.182. The number of hydrogen-bond donors (Lipinski definition) is 1. The van der Waals surface area contributed by atoms with Gasteiger partial charge in [0.1, 0.15) is 0 Å². The van der Waals surface area contributed by atoms with E-state index in [1.54, 1.807) is 11.3 Å². The molecule has 0 radical (unpaired) electrons. The quantitative estimate of drug-likeness (QED) is 0.482. The first-order valence-electron chi connectivity index (χ1n) is 9.30. The normalized spacial score (nSPS) is 14.1. The number of nitrogens with zero attached hydrogens (tertiary/aromatic N) is 3. The van der Waals surface area contributed by atoms with Gasteiger partial charge in [0.25, 0.3) is 0 Å². The minimum Gasteiger partial charge on any atom is -0.399 e. The van der Waals surface area contributed by atoms with Crippen LogP contribution in [0.2, 0.25) is 0 Å². The molecular formula is C22H20N4S2. The molecule has 5 rings (SSSR count). The zero-order chi connectivity index (χ0) is 18.9. The summed E-state index contributed by atoms with van der Waals surface area (Å²) in [6, 6.07) is 16.5. The van der Waals surface area contributed by atoms with Crippen LogP contribution in [0.5, 0.6) is 0 Å². The van der Waals surface area contributed by atoms with Crippen molar-refractivity contribution in [2.75, 3.05) is 12.3 Å². The molecule has 0 saturated carbocycles. The highest BCUT2D eigenvalue weighted by Crippen LogP contribution is 2.32. The van der Waals surface area contributed by atoms with E-state index in [1.165, 1.54) is 25.9 Å². The average Bonchev–Trinajstić information content (AvgIpc) is 3.40. The molecule has 0 aliphatic carbocycles. The molecule has 0 atom stereocenters. The van der Waals surface area contributed by atoms with Crippen molar-refractivity contribution in [2.24, 2.45) is 0 Å². The summed E-state index contributed by atoms with van der Waals surface area (Å²) in [4.78, 5) is 16.0. The first kappa shape index (κ1) is 17.6. The number of aromatic nitrogens is 2. The van der Waals surface area contributed by atoms with Gasteiger partial charge < -0.3 is 5.73 Å². The maximum Gasteiger partial charge on any atom is 0.159 e. The highest BCUT2D eigenvalue weighted by Gasteiger charge is 2.19. The molecule has 4 nitrogen and oxygen atoms in total. The summed E-state index contributed by atoms with van der Waals surface area (Å²) in [5.41, 5.74) is 9.96. The Morgan fingerprint density at radius 2 is 1.93 bits per heavy atom. The number of rotatable bonds is 4. The van der Waals surface area contributed by atoms with Crippen LogP contribution in [-0.4, -0.2) is 21.4 Å². The molecule has 0 spiro atoms. The number of anilines is 1. The van der Waals surface area contributed by atoms with E-state index in [0.717, 1.165) is 43.1 Å². The van der Waals surface area contributed by atoms with Crippen molar-refractivity contribution < 1.29 is 0 Å². The third kappa shape index (κ3) is 3.58. The topological polar surface area (TPSA) is 55.0 Å². The number of fused-ring (bicyclic) bond motifs is 1. The number of benzene rings is 1. The van der Waals surface area contributed by atoms with Gasteiger partial charge in [0.15, 0.2) is 5.82 Å². The maximum absolute atomic E-state index is 5.78. The van der Waals surface area contributed by atoms with Gasteiger partial charge in [-0.1, -0.05) is 6.07 Å². The van der Waals surface area contributed by atoms with Gasteiger partial charge >= 0.3 is 0 Å². The van der Waals surface area contributed by atoms with E-state index in [-0.39, 0.29) is 0 Å². The molecule has 3 aromatic heterocycles. The van der Waals surface area contributed by atoms with Crippen LogP contribution in [0.3, 0.4) is 0 Å². The van der Waals surface area contributed by atoms with Crippen LogP contribution in [0.1, 0.15) is 16.1 Å². The minimum absolute atomic E-state index is 0.758. The monoisotopic (exact) mass is 404 g/mol. The summed E-state index contributed by atoms with van der Waals surface area (Å²) in [6.45, 7) is 2.91. The average molecular weight is 405 g/mol. The summed E-state index contributed by atoms with van der Waals surface area (Å²) >= 11 is 3.69. The van der Waals surface area contributed by atoms with Gasteiger partial charge in [-0.05, 0) is 47.8 Å². The van der Waals surface area contributed by atoms with Gasteiger partial charge in [-0.15, -0.1) is 22.7 Å². The Morgan fingerprint density at radius 3 is 2.75 bits per heavy atom. The number of nitrogens with two attached hydrogens (primary N) is 1. The molecule has 0 fully saturated rings. The molecule has 1 aliphatic heterocycles. The van der Waals surface area contributed by atoms with E-state index < -0.39 is 0 Å². The van der Waals surface area contributed by atoms with Gasteiger partial charge in [0, 0.05) is 63.7 Å². The van der Waals surface area contributed by atoms with Gasteiger partial charge in [-0.3, -0.25) is 4.90 Å². The first-order valence-corrected chi connectivity index (χ1v) is 11.0. The zero-order valence-electron chi connectivity index (χ0n) is 15.3. The molecule has 28 heavy (non-hydrogen) atoms. The third-order valence-electron chi connectivity index (χ3n) is 4.99. The third-order valence-corrected chi connectivity index (χ3v) is 7.12. The maximum atomic E-state index is 5.78. The molecular weight excluding hydrogens is 384 g/mol. The summed E-state index contributed by atoms with van der Waals surface area (Å²) in [6.07, 6.45) is 2.95. The van der Waals surface area contributed by atoms with Crippen molar-refractivity contribution in [3.05, 3.63) is 76.2 Å². The van der Waals surface area contributed by atoms with Gasteiger partial charge in [-0.2, -0.15) is 0 Å². The predicted octanol–water partition coefficient (Wildman–Crippen LogP) is 5.07. The molecule has 4 aromatic rings. The van der Waals surface area contributed by atoms with E-state index >= 15 is 0 Å². The van der Waals surface area contributed by atoms with Crippen molar-refractivity contribution in [2.45, 2.75) is 19.5 Å². The van der Waals surface area contributed by atoms with Gasteiger partial charge in [-0.25, -0.2) is 9.97 Å². The fourth-order valence-electron chi connectivity index (χ4n) is 3.52. The molecule has 0 amide bonds. The second-order valence-corrected chi connectivity index (χ2v) is 9.11. The predicted molar refractivity (Wildman–Crippen MR) is 117 cm³/mol. The van der Waals surface area contributed by atoms with Crippen LogP contribution in [0.25, 0.3) is 21.1 Å². The summed E-state index contributed by atoms with van der Waals surface area (Å²) in [5.74, 6) is 0.783. The standard InChI is InChI=1S/C22H20N4S2/c23-17-5-3-15(4-6-17)22-24-12-16-13-26(10-9-19(16)25-22)14-18-7-8-21(28-18)20-2-1-11-27-20/h1-8,11-12H,9-10,13-14,23H2. The smallest absolute Gasteiger partial charge is 0.159 e. The Kier molecular flexibility index (Phi) is 4.68. The molecule has 140 valence electrons. The molecule has 6 heteroatoms. The fourth-order valence-corrected chi connectivity index (χ4v) is 5.40. The van der Waals surface area contributed by atoms with Crippen molar-refractivity contribution in [1.29, 1.82) is 0 Å². The van der Waals surface area contributed by atoms with Crippen LogP contribution in [0, 0.1) is 0 Å². The Labute approximate surface area is 172 Å². The SMILES string of the molecule is Nc1ccc(-c2ncc3c(n2)CCN(Cc2ccc(-c4cccs4)s2)C3)cc1. The first-order chi connectivity index (χ1) is 13.7. The lowest BCUT2D eigenvalue weighted by atomic mass is 10.1. The molecule has 0 bridgehead atoms. The largest absolute Gasteiger partial charge is 0.399 e. The number of thiophene rings is 2. The van der Waals surface area contributed by atoms with Gasteiger partial charge in [0.05, 0.1) is 5.69 Å². The summed E-state index contributed by atoms with van der Waals surface area (Å²) in [5, 5.41) is 2.13. The molecule has 1 aliphatic rings. The van der Waals surface area contributed by atoms with Crippen LogP contribution in [0.4, 0.5) is 5.69 Å². The van der Waals surface area contributed by atoms with Crippen LogP contribution >= 0.6 is 22.7 Å². The lowest BCUT2D eigenvalue weighted by Crippen LogP contribution is -2.30. The van der Waals surface area contributed by atoms with E-state index in [9.17, 15) is 0 Å². The number of nitrogen functional groups attached to an aromatic ring is 1. The Hall–Kier alpha value is -2.54. The molecule has 0 saturated heterocycles. The molecule has 2 N–H and O–H groups in total. The van der Waals surface area contributed by atoms with Crippen molar-refractivity contribution >= 4 is 28.4 Å².